The van der Waals surface area contributed by atoms with Gasteiger partial charge in [0.25, 0.3) is 0 Å². The van der Waals surface area contributed by atoms with E-state index in [-0.39, 0.29) is 12.3 Å². The summed E-state index contributed by atoms with van der Waals surface area (Å²) in [4.78, 5) is 23.7. The Kier molecular flexibility index (Phi) is 6.21. The number of benzene rings is 1. The first kappa shape index (κ1) is 17.8. The average Bonchev–Trinajstić information content (AvgIpc) is 2.98. The SMILES string of the molecule is COC(=O)CC(NC(=O)/C=C/c1ccc(C)o1)c1ccc(Cl)cc1. The van der Waals surface area contributed by atoms with Crippen molar-refractivity contribution in [2.45, 2.75) is 19.4 Å². The molecular formula is C18H18ClNO4. The van der Waals surface area contributed by atoms with Crippen LogP contribution in [0, 0.1) is 6.92 Å². The zero-order chi connectivity index (χ0) is 17.5. The number of methoxy groups -OCH3 is 1. The summed E-state index contributed by atoms with van der Waals surface area (Å²) in [6.45, 7) is 1.82. The lowest BCUT2D eigenvalue weighted by atomic mass is 10.0. The van der Waals surface area contributed by atoms with Crippen molar-refractivity contribution < 1.29 is 18.7 Å². The zero-order valence-corrected chi connectivity index (χ0v) is 14.2. The number of carbonyl (C=O) groups excluding carboxylic acids is 2. The van der Waals surface area contributed by atoms with E-state index in [1.54, 1.807) is 36.4 Å². The summed E-state index contributed by atoms with van der Waals surface area (Å²) in [7, 11) is 1.31. The number of furan rings is 1. The van der Waals surface area contributed by atoms with Crippen molar-refractivity contribution in [2.24, 2.45) is 0 Å². The molecule has 0 aliphatic rings. The number of amides is 1. The molecule has 1 N–H and O–H groups in total. The normalized spacial score (nSPS) is 12.1. The molecule has 5 nitrogen and oxygen atoms in total. The van der Waals surface area contributed by atoms with Crippen LogP contribution in [-0.2, 0) is 14.3 Å². The first-order valence-electron chi connectivity index (χ1n) is 7.35. The molecule has 0 saturated carbocycles. The van der Waals surface area contributed by atoms with Crippen LogP contribution in [0.4, 0.5) is 0 Å². The molecular weight excluding hydrogens is 330 g/mol. The molecule has 0 saturated heterocycles. The van der Waals surface area contributed by atoms with E-state index >= 15 is 0 Å². The molecule has 2 aromatic rings. The van der Waals surface area contributed by atoms with Crippen molar-refractivity contribution >= 4 is 29.6 Å². The van der Waals surface area contributed by atoms with Gasteiger partial charge in [0.2, 0.25) is 5.91 Å². The maximum Gasteiger partial charge on any atom is 0.307 e. The highest BCUT2D eigenvalue weighted by atomic mass is 35.5. The summed E-state index contributed by atoms with van der Waals surface area (Å²) >= 11 is 5.87. The number of rotatable bonds is 6. The largest absolute Gasteiger partial charge is 0.469 e. The smallest absolute Gasteiger partial charge is 0.307 e. The highest BCUT2D eigenvalue weighted by Crippen LogP contribution is 2.20. The number of ether oxygens (including phenoxy) is 1. The third-order valence-corrected chi connectivity index (χ3v) is 3.60. The number of esters is 1. The van der Waals surface area contributed by atoms with E-state index in [2.05, 4.69) is 5.32 Å². The van der Waals surface area contributed by atoms with Gasteiger partial charge >= 0.3 is 5.97 Å². The second kappa shape index (κ2) is 8.36. The summed E-state index contributed by atoms with van der Waals surface area (Å²) in [5.41, 5.74) is 0.764. The van der Waals surface area contributed by atoms with Gasteiger partial charge in [-0.1, -0.05) is 23.7 Å². The van der Waals surface area contributed by atoms with Gasteiger partial charge in [-0.3, -0.25) is 9.59 Å². The highest BCUT2D eigenvalue weighted by Gasteiger charge is 2.18. The first-order valence-corrected chi connectivity index (χ1v) is 7.73. The van der Waals surface area contributed by atoms with E-state index < -0.39 is 12.0 Å². The minimum atomic E-state index is -0.509. The van der Waals surface area contributed by atoms with Crippen LogP contribution in [0.25, 0.3) is 6.08 Å². The van der Waals surface area contributed by atoms with E-state index in [0.717, 1.165) is 11.3 Å². The van der Waals surface area contributed by atoms with Crippen LogP contribution >= 0.6 is 11.6 Å². The Labute approximate surface area is 145 Å². The maximum atomic E-state index is 12.1. The topological polar surface area (TPSA) is 68.5 Å². The molecule has 0 aliphatic heterocycles. The third-order valence-electron chi connectivity index (χ3n) is 3.35. The minimum absolute atomic E-state index is 0.0254. The van der Waals surface area contributed by atoms with Gasteiger partial charge in [0.05, 0.1) is 19.6 Å². The lowest BCUT2D eigenvalue weighted by Crippen LogP contribution is -2.29. The molecule has 1 aromatic heterocycles. The molecule has 24 heavy (non-hydrogen) atoms. The minimum Gasteiger partial charge on any atom is -0.469 e. The maximum absolute atomic E-state index is 12.1. The molecule has 0 fully saturated rings. The van der Waals surface area contributed by atoms with Crippen molar-refractivity contribution in [2.75, 3.05) is 7.11 Å². The summed E-state index contributed by atoms with van der Waals surface area (Å²) < 4.78 is 10.1. The van der Waals surface area contributed by atoms with Gasteiger partial charge in [0.1, 0.15) is 11.5 Å². The summed E-state index contributed by atoms with van der Waals surface area (Å²) in [5.74, 6) is 0.590. The molecule has 126 valence electrons. The van der Waals surface area contributed by atoms with Crippen LogP contribution in [0.1, 0.15) is 29.5 Å². The lowest BCUT2D eigenvalue weighted by Gasteiger charge is -2.17. The number of hydrogen-bond donors (Lipinski definition) is 1. The predicted molar refractivity (Wildman–Crippen MR) is 91.4 cm³/mol. The van der Waals surface area contributed by atoms with Crippen molar-refractivity contribution in [1.82, 2.24) is 5.32 Å². The van der Waals surface area contributed by atoms with Gasteiger partial charge in [-0.2, -0.15) is 0 Å². The van der Waals surface area contributed by atoms with E-state index in [0.29, 0.717) is 10.8 Å². The molecule has 6 heteroatoms. The second-order valence-corrected chi connectivity index (χ2v) is 5.61. The molecule has 0 aliphatic carbocycles. The third kappa shape index (κ3) is 5.28. The molecule has 1 atom stereocenters. The monoisotopic (exact) mass is 347 g/mol. The highest BCUT2D eigenvalue weighted by molar-refractivity contribution is 6.30. The molecule has 1 heterocycles. The van der Waals surface area contributed by atoms with Gasteiger partial charge < -0.3 is 14.5 Å². The van der Waals surface area contributed by atoms with Gasteiger partial charge in [-0.25, -0.2) is 0 Å². The van der Waals surface area contributed by atoms with E-state index in [1.807, 2.05) is 13.0 Å². The second-order valence-electron chi connectivity index (χ2n) is 5.17. The van der Waals surface area contributed by atoms with Crippen molar-refractivity contribution in [3.8, 4) is 0 Å². The van der Waals surface area contributed by atoms with E-state index in [9.17, 15) is 9.59 Å². The van der Waals surface area contributed by atoms with Gasteiger partial charge in [-0.15, -0.1) is 0 Å². The van der Waals surface area contributed by atoms with Crippen LogP contribution in [0.15, 0.2) is 46.9 Å². The molecule has 1 unspecified atom stereocenters. The van der Waals surface area contributed by atoms with Crippen LogP contribution in [0.3, 0.4) is 0 Å². The Morgan fingerprint density at radius 3 is 2.54 bits per heavy atom. The Morgan fingerprint density at radius 1 is 1.25 bits per heavy atom. The Balaban J connectivity index is 2.09. The van der Waals surface area contributed by atoms with Crippen LogP contribution < -0.4 is 5.32 Å². The number of aryl methyl sites for hydroxylation is 1. The number of carbonyl (C=O) groups is 2. The van der Waals surface area contributed by atoms with Crippen molar-refractivity contribution in [3.63, 3.8) is 0 Å². The van der Waals surface area contributed by atoms with E-state index in [4.69, 9.17) is 20.8 Å². The zero-order valence-electron chi connectivity index (χ0n) is 13.4. The predicted octanol–water partition coefficient (Wildman–Crippen LogP) is 3.68. The number of nitrogens with one attached hydrogen (secondary N) is 1. The fourth-order valence-corrected chi connectivity index (χ4v) is 2.24. The first-order chi connectivity index (χ1) is 11.5. The number of hydrogen-bond acceptors (Lipinski definition) is 4. The van der Waals surface area contributed by atoms with Gasteiger partial charge in [0.15, 0.2) is 0 Å². The molecule has 2 rings (SSSR count). The van der Waals surface area contributed by atoms with Gasteiger partial charge in [0, 0.05) is 11.1 Å². The molecule has 0 bridgehead atoms. The quantitative estimate of drug-likeness (QED) is 0.639. The Morgan fingerprint density at radius 2 is 1.96 bits per heavy atom. The molecule has 0 radical (unpaired) electrons. The van der Waals surface area contributed by atoms with Gasteiger partial charge in [-0.05, 0) is 42.8 Å². The summed E-state index contributed by atoms with van der Waals surface area (Å²) in [6.07, 6.45) is 2.95. The summed E-state index contributed by atoms with van der Waals surface area (Å²) in [6, 6.07) is 10.00. The van der Waals surface area contributed by atoms with Crippen molar-refractivity contribution in [3.05, 3.63) is 64.6 Å². The van der Waals surface area contributed by atoms with Crippen LogP contribution in [0.2, 0.25) is 5.02 Å². The standard InChI is InChI=1S/C18H18ClNO4/c1-12-3-8-15(24-12)9-10-17(21)20-16(11-18(22)23-2)13-4-6-14(19)7-5-13/h3-10,16H,11H2,1-2H3,(H,20,21)/b10-9+. The van der Waals surface area contributed by atoms with Crippen LogP contribution in [0.5, 0.6) is 0 Å². The Bertz CT molecular complexity index is 734. The summed E-state index contributed by atoms with van der Waals surface area (Å²) in [5, 5.41) is 3.36. The average molecular weight is 348 g/mol. The molecule has 0 spiro atoms. The lowest BCUT2D eigenvalue weighted by molar-refractivity contribution is -0.141. The fraction of sp³-hybridized carbons (Fsp3) is 0.222. The van der Waals surface area contributed by atoms with Crippen molar-refractivity contribution in [1.29, 1.82) is 0 Å². The molecule has 1 aromatic carbocycles. The number of halogens is 1. The van der Waals surface area contributed by atoms with Crippen LogP contribution in [-0.4, -0.2) is 19.0 Å². The van der Waals surface area contributed by atoms with E-state index in [1.165, 1.54) is 13.2 Å². The molecule has 1 amide bonds. The Hall–Kier alpha value is -2.53. The fourth-order valence-electron chi connectivity index (χ4n) is 2.12.